The van der Waals surface area contributed by atoms with Gasteiger partial charge in [0.2, 0.25) is 11.8 Å². The van der Waals surface area contributed by atoms with Crippen LogP contribution in [0.25, 0.3) is 17.4 Å². The highest BCUT2D eigenvalue weighted by molar-refractivity contribution is 5.94. The van der Waals surface area contributed by atoms with E-state index in [4.69, 9.17) is 15.9 Å². The number of furan rings is 1. The van der Waals surface area contributed by atoms with Gasteiger partial charge < -0.3 is 20.8 Å². The van der Waals surface area contributed by atoms with Gasteiger partial charge in [0.15, 0.2) is 11.6 Å². The number of fused-ring (bicyclic) bond motifs is 1. The molecular formula is C19H20N8O2. The first-order valence-corrected chi connectivity index (χ1v) is 8.92. The van der Waals surface area contributed by atoms with Gasteiger partial charge in [0, 0.05) is 19.7 Å². The van der Waals surface area contributed by atoms with Gasteiger partial charge in [-0.25, -0.2) is 0 Å². The van der Waals surface area contributed by atoms with Gasteiger partial charge in [0.1, 0.15) is 0 Å². The molecule has 0 saturated heterocycles. The Morgan fingerprint density at radius 1 is 1.21 bits per heavy atom. The molecule has 4 aromatic rings. The van der Waals surface area contributed by atoms with Crippen molar-refractivity contribution in [1.29, 1.82) is 0 Å². The largest absolute Gasteiger partial charge is 0.461 e. The molecule has 1 atom stereocenters. The molecule has 0 spiro atoms. The second-order valence-corrected chi connectivity index (χ2v) is 6.78. The van der Waals surface area contributed by atoms with Crippen LogP contribution in [0.5, 0.6) is 0 Å². The van der Waals surface area contributed by atoms with Crippen LogP contribution in [0.4, 0.5) is 5.95 Å². The van der Waals surface area contributed by atoms with Crippen LogP contribution >= 0.6 is 0 Å². The summed E-state index contributed by atoms with van der Waals surface area (Å²) in [4.78, 5) is 26.7. The summed E-state index contributed by atoms with van der Waals surface area (Å²) >= 11 is 0. The van der Waals surface area contributed by atoms with Crippen LogP contribution in [-0.2, 0) is 6.42 Å². The molecule has 10 heteroatoms. The van der Waals surface area contributed by atoms with Crippen LogP contribution in [0.1, 0.15) is 27.8 Å². The number of hydrogen-bond acceptors (Lipinski definition) is 8. The Morgan fingerprint density at radius 3 is 2.76 bits per heavy atom. The standard InChI is InChI=1S/C19H20N8O2/c1-26(2)17(28)12-6-3-5-11(9-12)10-13(20)15-22-18(21)27-19(23-15)24-16(25-27)14-7-4-8-29-14/h3-9,13H,10,20H2,1-2H3,(H2,21,22,23,24,25). The number of benzene rings is 1. The lowest BCUT2D eigenvalue weighted by Crippen LogP contribution is -2.22. The summed E-state index contributed by atoms with van der Waals surface area (Å²) in [6.07, 6.45) is 1.97. The Hall–Kier alpha value is -3.79. The van der Waals surface area contributed by atoms with Gasteiger partial charge in [-0.1, -0.05) is 12.1 Å². The van der Waals surface area contributed by atoms with Crippen LogP contribution in [0.3, 0.4) is 0 Å². The molecule has 0 aliphatic rings. The van der Waals surface area contributed by atoms with E-state index in [0.717, 1.165) is 5.56 Å². The number of carbonyl (C=O) groups is 1. The van der Waals surface area contributed by atoms with Gasteiger partial charge in [-0.05, 0) is 36.2 Å². The number of hydrogen-bond donors (Lipinski definition) is 2. The van der Waals surface area contributed by atoms with Crippen molar-refractivity contribution in [2.24, 2.45) is 5.73 Å². The molecule has 0 aliphatic carbocycles. The summed E-state index contributed by atoms with van der Waals surface area (Å²) in [5.41, 5.74) is 13.8. The molecule has 0 radical (unpaired) electrons. The molecule has 4 N–H and O–H groups in total. The number of nitrogens with zero attached hydrogens (tertiary/aromatic N) is 6. The summed E-state index contributed by atoms with van der Waals surface area (Å²) in [5, 5.41) is 4.27. The predicted octanol–water partition coefficient (Wildman–Crippen LogP) is 1.31. The molecule has 3 aromatic heterocycles. The maximum Gasteiger partial charge on any atom is 0.257 e. The summed E-state index contributed by atoms with van der Waals surface area (Å²) in [7, 11) is 3.42. The Morgan fingerprint density at radius 2 is 2.03 bits per heavy atom. The first-order valence-electron chi connectivity index (χ1n) is 8.92. The van der Waals surface area contributed by atoms with E-state index in [0.29, 0.717) is 29.4 Å². The summed E-state index contributed by atoms with van der Waals surface area (Å²) in [6.45, 7) is 0. The molecule has 1 unspecified atom stereocenters. The van der Waals surface area contributed by atoms with Crippen LogP contribution in [0.2, 0.25) is 0 Å². The molecule has 1 aromatic carbocycles. The zero-order valence-corrected chi connectivity index (χ0v) is 16.0. The summed E-state index contributed by atoms with van der Waals surface area (Å²) < 4.78 is 6.65. The van der Waals surface area contributed by atoms with Crippen LogP contribution in [0.15, 0.2) is 47.1 Å². The Kier molecular flexibility index (Phi) is 4.69. The molecule has 0 bridgehead atoms. The third-order valence-corrected chi connectivity index (χ3v) is 4.36. The maximum absolute atomic E-state index is 12.2. The van der Waals surface area contributed by atoms with Crippen molar-refractivity contribution in [1.82, 2.24) is 29.5 Å². The fraction of sp³-hybridized carbons (Fsp3) is 0.211. The van der Waals surface area contributed by atoms with Crippen LogP contribution in [-0.4, -0.2) is 49.5 Å². The average molecular weight is 392 g/mol. The number of carbonyl (C=O) groups excluding carboxylic acids is 1. The lowest BCUT2D eigenvalue weighted by atomic mass is 10.0. The molecule has 0 saturated carbocycles. The summed E-state index contributed by atoms with van der Waals surface area (Å²) in [6, 6.07) is 10.3. The van der Waals surface area contributed by atoms with Crippen molar-refractivity contribution in [3.05, 3.63) is 59.6 Å². The number of rotatable bonds is 5. The molecular weight excluding hydrogens is 372 g/mol. The van der Waals surface area contributed by atoms with Crippen molar-refractivity contribution in [3.8, 4) is 11.6 Å². The van der Waals surface area contributed by atoms with E-state index in [1.54, 1.807) is 32.3 Å². The number of aromatic nitrogens is 5. The van der Waals surface area contributed by atoms with Crippen molar-refractivity contribution >= 4 is 17.6 Å². The first-order chi connectivity index (χ1) is 13.9. The zero-order valence-electron chi connectivity index (χ0n) is 16.0. The normalized spacial score (nSPS) is 12.2. The van der Waals surface area contributed by atoms with Gasteiger partial charge in [-0.15, -0.1) is 5.10 Å². The molecule has 10 nitrogen and oxygen atoms in total. The molecule has 0 aliphatic heterocycles. The minimum atomic E-state index is -0.532. The fourth-order valence-electron chi connectivity index (χ4n) is 2.93. The van der Waals surface area contributed by atoms with E-state index < -0.39 is 6.04 Å². The highest BCUT2D eigenvalue weighted by atomic mass is 16.3. The minimum absolute atomic E-state index is 0.0729. The van der Waals surface area contributed by atoms with E-state index in [1.165, 1.54) is 15.7 Å². The lowest BCUT2D eigenvalue weighted by Gasteiger charge is -2.13. The van der Waals surface area contributed by atoms with Crippen molar-refractivity contribution < 1.29 is 9.21 Å². The van der Waals surface area contributed by atoms with E-state index in [2.05, 4.69) is 20.1 Å². The van der Waals surface area contributed by atoms with E-state index in [9.17, 15) is 4.79 Å². The third-order valence-electron chi connectivity index (χ3n) is 4.36. The number of nitrogen functional groups attached to an aromatic ring is 1. The van der Waals surface area contributed by atoms with Gasteiger partial charge in [0.25, 0.3) is 11.7 Å². The topological polar surface area (TPSA) is 141 Å². The zero-order chi connectivity index (χ0) is 20.5. The Balaban J connectivity index is 1.61. The highest BCUT2D eigenvalue weighted by Crippen LogP contribution is 2.19. The second-order valence-electron chi connectivity index (χ2n) is 6.78. The number of amides is 1. The monoisotopic (exact) mass is 392 g/mol. The molecule has 0 fully saturated rings. The molecule has 1 amide bonds. The van der Waals surface area contributed by atoms with E-state index >= 15 is 0 Å². The molecule has 148 valence electrons. The van der Waals surface area contributed by atoms with Crippen molar-refractivity contribution in [2.45, 2.75) is 12.5 Å². The minimum Gasteiger partial charge on any atom is -0.461 e. The Bertz CT molecular complexity index is 1170. The number of nitrogens with two attached hydrogens (primary N) is 2. The van der Waals surface area contributed by atoms with Gasteiger partial charge in [-0.2, -0.15) is 19.5 Å². The second kappa shape index (κ2) is 7.32. The SMILES string of the molecule is CN(C)C(=O)c1cccc(CC(N)c2nc(N)n3nc(-c4ccco4)nc3n2)c1. The van der Waals surface area contributed by atoms with Gasteiger partial charge >= 0.3 is 0 Å². The molecule has 3 heterocycles. The molecule has 29 heavy (non-hydrogen) atoms. The average Bonchev–Trinajstić information content (AvgIpc) is 3.37. The van der Waals surface area contributed by atoms with Crippen LogP contribution in [0, 0.1) is 0 Å². The lowest BCUT2D eigenvalue weighted by molar-refractivity contribution is 0.0827. The smallest absolute Gasteiger partial charge is 0.257 e. The third kappa shape index (κ3) is 3.65. The quantitative estimate of drug-likeness (QED) is 0.518. The predicted molar refractivity (Wildman–Crippen MR) is 106 cm³/mol. The van der Waals surface area contributed by atoms with Crippen LogP contribution < -0.4 is 11.5 Å². The van der Waals surface area contributed by atoms with Crippen molar-refractivity contribution in [3.63, 3.8) is 0 Å². The van der Waals surface area contributed by atoms with Gasteiger partial charge in [-0.3, -0.25) is 4.79 Å². The van der Waals surface area contributed by atoms with Crippen molar-refractivity contribution in [2.75, 3.05) is 19.8 Å². The number of anilines is 1. The Labute approximate surface area is 166 Å². The molecule has 4 rings (SSSR count). The first kappa shape index (κ1) is 18.6. The van der Waals surface area contributed by atoms with E-state index in [-0.39, 0.29) is 17.6 Å². The van der Waals surface area contributed by atoms with Gasteiger partial charge in [0.05, 0.1) is 12.3 Å². The van der Waals surface area contributed by atoms with E-state index in [1.807, 2.05) is 18.2 Å². The fourth-order valence-corrected chi connectivity index (χ4v) is 2.93. The summed E-state index contributed by atoms with van der Waals surface area (Å²) in [5.74, 6) is 1.54. The highest BCUT2D eigenvalue weighted by Gasteiger charge is 2.18. The maximum atomic E-state index is 12.2.